The van der Waals surface area contributed by atoms with Gasteiger partial charge in [0, 0.05) is 21.8 Å². The summed E-state index contributed by atoms with van der Waals surface area (Å²) >= 11 is 10.9. The normalized spacial score (nSPS) is 10.1. The van der Waals surface area contributed by atoms with E-state index < -0.39 is 0 Å². The fourth-order valence-corrected chi connectivity index (χ4v) is 2.24. The van der Waals surface area contributed by atoms with Crippen LogP contribution < -0.4 is 11.1 Å². The number of halogens is 1. The van der Waals surface area contributed by atoms with E-state index in [0.717, 1.165) is 5.56 Å². The van der Waals surface area contributed by atoms with Gasteiger partial charge >= 0.3 is 0 Å². The Balaban J connectivity index is 2.23. The molecule has 0 aromatic heterocycles. The molecule has 2 aromatic carbocycles. The second-order valence-corrected chi connectivity index (χ2v) is 5.29. The lowest BCUT2D eigenvalue weighted by atomic mass is 10.1. The van der Waals surface area contributed by atoms with E-state index in [0.29, 0.717) is 26.8 Å². The Morgan fingerprint density at radius 3 is 2.60 bits per heavy atom. The first-order valence-electron chi connectivity index (χ1n) is 5.94. The molecule has 20 heavy (non-hydrogen) atoms. The molecule has 0 saturated carbocycles. The molecule has 0 fully saturated rings. The topological polar surface area (TPSA) is 55.1 Å². The van der Waals surface area contributed by atoms with Gasteiger partial charge < -0.3 is 11.1 Å². The highest BCUT2D eigenvalue weighted by Crippen LogP contribution is 2.17. The first-order valence-corrected chi connectivity index (χ1v) is 6.73. The number of benzene rings is 2. The molecule has 0 unspecified atom stereocenters. The van der Waals surface area contributed by atoms with Crippen molar-refractivity contribution in [3.63, 3.8) is 0 Å². The van der Waals surface area contributed by atoms with Gasteiger partial charge in [-0.1, -0.05) is 36.0 Å². The van der Waals surface area contributed by atoms with Gasteiger partial charge in [-0.3, -0.25) is 4.79 Å². The van der Waals surface area contributed by atoms with Crippen LogP contribution >= 0.6 is 23.8 Å². The van der Waals surface area contributed by atoms with Crippen molar-refractivity contribution in [1.82, 2.24) is 0 Å². The van der Waals surface area contributed by atoms with Gasteiger partial charge in [0.1, 0.15) is 4.99 Å². The van der Waals surface area contributed by atoms with E-state index in [1.165, 1.54) is 0 Å². The predicted molar refractivity (Wildman–Crippen MR) is 86.5 cm³/mol. The number of carbonyl (C=O) groups excluding carboxylic acids is 1. The number of aryl methyl sites for hydroxylation is 1. The van der Waals surface area contributed by atoms with Crippen molar-refractivity contribution in [2.75, 3.05) is 5.32 Å². The van der Waals surface area contributed by atoms with Crippen LogP contribution in [0, 0.1) is 6.92 Å². The molecule has 2 rings (SSSR count). The van der Waals surface area contributed by atoms with Crippen molar-refractivity contribution < 1.29 is 4.79 Å². The first kappa shape index (κ1) is 14.5. The quantitative estimate of drug-likeness (QED) is 0.853. The van der Waals surface area contributed by atoms with Gasteiger partial charge in [-0.2, -0.15) is 0 Å². The molecule has 0 heterocycles. The third kappa shape index (κ3) is 3.56. The van der Waals surface area contributed by atoms with Gasteiger partial charge in [-0.15, -0.1) is 0 Å². The Morgan fingerprint density at radius 2 is 1.95 bits per heavy atom. The van der Waals surface area contributed by atoms with Gasteiger partial charge in [0.05, 0.1) is 0 Å². The van der Waals surface area contributed by atoms with E-state index in [1.807, 2.05) is 6.92 Å². The minimum atomic E-state index is -0.226. The lowest BCUT2D eigenvalue weighted by Gasteiger charge is -2.08. The minimum Gasteiger partial charge on any atom is -0.389 e. The van der Waals surface area contributed by atoms with Crippen LogP contribution in [0.2, 0.25) is 5.02 Å². The summed E-state index contributed by atoms with van der Waals surface area (Å²) in [5, 5.41) is 3.33. The minimum absolute atomic E-state index is 0.226. The van der Waals surface area contributed by atoms with E-state index >= 15 is 0 Å². The number of carbonyl (C=O) groups is 1. The number of thiocarbonyl (C=S) groups is 1. The fourth-order valence-electron chi connectivity index (χ4n) is 1.82. The molecule has 102 valence electrons. The summed E-state index contributed by atoms with van der Waals surface area (Å²) < 4.78 is 0. The molecule has 3 N–H and O–H groups in total. The van der Waals surface area contributed by atoms with Crippen molar-refractivity contribution in [1.29, 1.82) is 0 Å². The van der Waals surface area contributed by atoms with E-state index in [9.17, 15) is 4.79 Å². The van der Waals surface area contributed by atoms with Crippen molar-refractivity contribution in [3.8, 4) is 0 Å². The second kappa shape index (κ2) is 6.03. The van der Waals surface area contributed by atoms with Crippen LogP contribution in [-0.4, -0.2) is 10.9 Å². The summed E-state index contributed by atoms with van der Waals surface area (Å²) in [6.45, 7) is 1.89. The average molecular weight is 305 g/mol. The third-order valence-corrected chi connectivity index (χ3v) is 3.16. The Bertz CT molecular complexity index is 665. The number of amides is 1. The van der Waals surface area contributed by atoms with Crippen LogP contribution in [0.15, 0.2) is 42.5 Å². The zero-order valence-corrected chi connectivity index (χ0v) is 12.4. The maximum Gasteiger partial charge on any atom is 0.255 e. The molecule has 2 aromatic rings. The number of hydrogen-bond acceptors (Lipinski definition) is 2. The third-order valence-electron chi connectivity index (χ3n) is 2.71. The number of hydrogen-bond donors (Lipinski definition) is 2. The van der Waals surface area contributed by atoms with Crippen LogP contribution in [0.4, 0.5) is 5.69 Å². The van der Waals surface area contributed by atoms with Crippen molar-refractivity contribution >= 4 is 40.4 Å². The molecule has 3 nitrogen and oxygen atoms in total. The highest BCUT2D eigenvalue weighted by atomic mass is 35.5. The zero-order chi connectivity index (χ0) is 14.7. The first-order chi connectivity index (χ1) is 9.45. The summed E-state index contributed by atoms with van der Waals surface area (Å²) in [5.74, 6) is -0.226. The van der Waals surface area contributed by atoms with Crippen LogP contribution in [0.5, 0.6) is 0 Å². The molecule has 5 heteroatoms. The Hall–Kier alpha value is -1.91. The van der Waals surface area contributed by atoms with Gasteiger partial charge in [0.2, 0.25) is 0 Å². The lowest BCUT2D eigenvalue weighted by Crippen LogP contribution is -2.14. The summed E-state index contributed by atoms with van der Waals surface area (Å²) in [7, 11) is 0. The maximum atomic E-state index is 12.2. The standard InChI is InChI=1S/C15H13ClN2OS/c1-9-5-11(7-12(16)6-9)15(19)18-13-4-2-3-10(8-13)14(17)20/h2-8H,1H3,(H2,17,20)(H,18,19). The number of rotatable bonds is 3. The molecule has 0 atom stereocenters. The van der Waals surface area contributed by atoms with Crippen molar-refractivity contribution in [2.45, 2.75) is 6.92 Å². The van der Waals surface area contributed by atoms with Gasteiger partial charge in [-0.25, -0.2) is 0 Å². The molecular weight excluding hydrogens is 292 g/mol. The Morgan fingerprint density at radius 1 is 1.20 bits per heavy atom. The molecule has 0 saturated heterocycles. The van der Waals surface area contributed by atoms with E-state index in [-0.39, 0.29) is 5.91 Å². The molecule has 0 aliphatic carbocycles. The maximum absolute atomic E-state index is 12.2. The molecule has 0 spiro atoms. The number of nitrogens with one attached hydrogen (secondary N) is 1. The van der Waals surface area contributed by atoms with E-state index in [4.69, 9.17) is 29.6 Å². The van der Waals surface area contributed by atoms with Crippen molar-refractivity contribution in [2.24, 2.45) is 5.73 Å². The summed E-state index contributed by atoms with van der Waals surface area (Å²) in [4.78, 5) is 12.5. The lowest BCUT2D eigenvalue weighted by molar-refractivity contribution is 0.102. The fraction of sp³-hybridized carbons (Fsp3) is 0.0667. The van der Waals surface area contributed by atoms with E-state index in [2.05, 4.69) is 5.32 Å². The monoisotopic (exact) mass is 304 g/mol. The summed E-state index contributed by atoms with van der Waals surface area (Å²) in [6.07, 6.45) is 0. The summed E-state index contributed by atoms with van der Waals surface area (Å²) in [6, 6.07) is 12.3. The molecule has 0 aliphatic heterocycles. The number of anilines is 1. The van der Waals surface area contributed by atoms with Crippen LogP contribution in [-0.2, 0) is 0 Å². The SMILES string of the molecule is Cc1cc(Cl)cc(C(=O)Nc2cccc(C(N)=S)c2)c1. The van der Waals surface area contributed by atoms with Gasteiger partial charge in [-0.05, 0) is 42.8 Å². The highest BCUT2D eigenvalue weighted by Gasteiger charge is 2.08. The Labute approximate surface area is 127 Å². The number of nitrogens with two attached hydrogens (primary N) is 1. The smallest absolute Gasteiger partial charge is 0.255 e. The molecule has 1 amide bonds. The molecule has 0 aliphatic rings. The van der Waals surface area contributed by atoms with Crippen molar-refractivity contribution in [3.05, 3.63) is 64.2 Å². The largest absolute Gasteiger partial charge is 0.389 e. The zero-order valence-electron chi connectivity index (χ0n) is 10.8. The summed E-state index contributed by atoms with van der Waals surface area (Å²) in [5.41, 5.74) is 8.35. The molecule has 0 bridgehead atoms. The molecular formula is C15H13ClN2OS. The molecule has 0 radical (unpaired) electrons. The predicted octanol–water partition coefficient (Wildman–Crippen LogP) is 3.53. The Kier molecular flexibility index (Phi) is 4.37. The van der Waals surface area contributed by atoms with Gasteiger partial charge in [0.15, 0.2) is 0 Å². The average Bonchev–Trinajstić information content (AvgIpc) is 2.37. The second-order valence-electron chi connectivity index (χ2n) is 4.42. The highest BCUT2D eigenvalue weighted by molar-refractivity contribution is 7.80. The van der Waals surface area contributed by atoms with Gasteiger partial charge in [0.25, 0.3) is 5.91 Å². The van der Waals surface area contributed by atoms with Crippen LogP contribution in [0.25, 0.3) is 0 Å². The van der Waals surface area contributed by atoms with Crippen LogP contribution in [0.1, 0.15) is 21.5 Å². The van der Waals surface area contributed by atoms with E-state index in [1.54, 1.807) is 42.5 Å². The van der Waals surface area contributed by atoms with Crippen LogP contribution in [0.3, 0.4) is 0 Å².